The fourth-order valence-electron chi connectivity index (χ4n) is 4.92. The Hall–Kier alpha value is -2.35. The second-order valence-electron chi connectivity index (χ2n) is 9.30. The average Bonchev–Trinajstić information content (AvgIpc) is 3.28. The summed E-state index contributed by atoms with van der Waals surface area (Å²) < 4.78 is 5.24. The quantitative estimate of drug-likeness (QED) is 0.466. The van der Waals surface area contributed by atoms with Crippen molar-refractivity contribution in [2.75, 3.05) is 0 Å². The van der Waals surface area contributed by atoms with Crippen LogP contribution >= 0.6 is 0 Å². The average molecular weight is 374 g/mol. The molecule has 2 heteroatoms. The lowest BCUT2D eigenvalue weighted by Gasteiger charge is -2.21. The summed E-state index contributed by atoms with van der Waals surface area (Å²) in [6, 6.07) is 20.4. The molecule has 0 spiro atoms. The van der Waals surface area contributed by atoms with Crippen LogP contribution in [0.25, 0.3) is 16.9 Å². The van der Waals surface area contributed by atoms with Gasteiger partial charge in [-0.05, 0) is 65.0 Å². The molecule has 0 radical (unpaired) electrons. The van der Waals surface area contributed by atoms with E-state index in [4.69, 9.17) is 0 Å². The normalized spacial score (nSPS) is 15.3. The van der Waals surface area contributed by atoms with Crippen molar-refractivity contribution in [2.45, 2.75) is 71.8 Å². The van der Waals surface area contributed by atoms with E-state index in [0.717, 1.165) is 0 Å². The fourth-order valence-corrected chi connectivity index (χ4v) is 4.92. The van der Waals surface area contributed by atoms with Crippen LogP contribution in [0.4, 0.5) is 0 Å². The minimum Gasteiger partial charge on any atom is -0.223 e. The molecule has 2 nitrogen and oxygen atoms in total. The summed E-state index contributed by atoms with van der Waals surface area (Å²) in [5, 5.41) is 0. The molecule has 0 N–H and O–H groups in total. The van der Waals surface area contributed by atoms with Gasteiger partial charge in [0.1, 0.15) is 11.7 Å². The molecule has 1 fully saturated rings. The maximum Gasteiger partial charge on any atom is 0.268 e. The van der Waals surface area contributed by atoms with Gasteiger partial charge < -0.3 is 0 Å². The van der Waals surface area contributed by atoms with Crippen LogP contribution in [0.2, 0.25) is 0 Å². The van der Waals surface area contributed by atoms with Crippen LogP contribution in [0.3, 0.4) is 0 Å². The highest BCUT2D eigenvalue weighted by atomic mass is 15.2. The molecule has 1 aliphatic carbocycles. The molecule has 2 aromatic carbocycles. The lowest BCUT2D eigenvalue weighted by Crippen LogP contribution is -2.47. The Kier molecular flexibility index (Phi) is 4.91. The Balaban J connectivity index is 2.11. The largest absolute Gasteiger partial charge is 0.268 e. The van der Waals surface area contributed by atoms with Gasteiger partial charge in [-0.2, -0.15) is 4.57 Å². The van der Waals surface area contributed by atoms with Gasteiger partial charge >= 0.3 is 0 Å². The summed E-state index contributed by atoms with van der Waals surface area (Å²) in [6.07, 6.45) is 5.24. The number of para-hydroxylation sites is 1. The number of imidazole rings is 1. The van der Waals surface area contributed by atoms with Crippen molar-refractivity contribution >= 4 is 0 Å². The van der Waals surface area contributed by atoms with Crippen molar-refractivity contribution in [3.8, 4) is 16.9 Å². The number of aryl methyl sites for hydroxylation is 1. The highest BCUT2D eigenvalue weighted by Gasteiger charge is 2.41. The maximum atomic E-state index is 2.70. The van der Waals surface area contributed by atoms with Gasteiger partial charge in [-0.15, -0.1) is 0 Å². The van der Waals surface area contributed by atoms with Crippen LogP contribution < -0.4 is 4.57 Å². The van der Waals surface area contributed by atoms with Gasteiger partial charge in [-0.25, -0.2) is 4.57 Å². The van der Waals surface area contributed by atoms with E-state index in [1.807, 2.05) is 0 Å². The van der Waals surface area contributed by atoms with Crippen LogP contribution in [0.15, 0.2) is 54.6 Å². The second kappa shape index (κ2) is 7.24. The van der Waals surface area contributed by atoms with E-state index in [2.05, 4.69) is 98.4 Å². The third-order valence-electron chi connectivity index (χ3n) is 6.12. The molecule has 0 aliphatic heterocycles. The molecule has 0 bridgehead atoms. The molecule has 4 rings (SSSR count). The van der Waals surface area contributed by atoms with Gasteiger partial charge in [0, 0.05) is 12.5 Å². The third-order valence-corrected chi connectivity index (χ3v) is 6.12. The Morgan fingerprint density at radius 1 is 0.857 bits per heavy atom. The van der Waals surface area contributed by atoms with Gasteiger partial charge in [0.05, 0.1) is 5.41 Å². The summed E-state index contributed by atoms with van der Waals surface area (Å²) in [6.45, 7) is 11.6. The van der Waals surface area contributed by atoms with Crippen molar-refractivity contribution in [3.63, 3.8) is 0 Å². The van der Waals surface area contributed by atoms with Crippen LogP contribution in [-0.4, -0.2) is 4.57 Å². The van der Waals surface area contributed by atoms with Gasteiger partial charge in [-0.1, -0.05) is 48.5 Å². The molecule has 0 unspecified atom stereocenters. The minimum atomic E-state index is 0.0443. The molecule has 1 aromatic heterocycles. The van der Waals surface area contributed by atoms with E-state index in [1.165, 1.54) is 59.7 Å². The first-order valence-corrected chi connectivity index (χ1v) is 10.7. The predicted molar refractivity (Wildman–Crippen MR) is 117 cm³/mol. The molecule has 0 saturated heterocycles. The van der Waals surface area contributed by atoms with Gasteiger partial charge in [0.15, 0.2) is 11.4 Å². The van der Waals surface area contributed by atoms with Gasteiger partial charge in [0.2, 0.25) is 0 Å². The zero-order chi connectivity index (χ0) is 19.9. The first kappa shape index (κ1) is 19.0. The Morgan fingerprint density at radius 3 is 2.07 bits per heavy atom. The number of aromatic nitrogens is 2. The van der Waals surface area contributed by atoms with Crippen LogP contribution in [0.5, 0.6) is 0 Å². The third kappa shape index (κ3) is 3.19. The second-order valence-corrected chi connectivity index (χ2v) is 9.30. The zero-order valence-corrected chi connectivity index (χ0v) is 18.0. The topological polar surface area (TPSA) is 8.81 Å². The number of nitrogens with zero attached hydrogens (tertiary/aromatic N) is 2. The van der Waals surface area contributed by atoms with Gasteiger partial charge in [-0.3, -0.25) is 0 Å². The molecule has 1 aliphatic rings. The maximum absolute atomic E-state index is 2.70. The Bertz CT molecular complexity index is 968. The SMILES string of the molecule is Cc1ccccc1-n1c(C)c(-c2ccccc2)[n+](C2CCCC2)c1C(C)(C)C. The molecule has 28 heavy (non-hydrogen) atoms. The zero-order valence-electron chi connectivity index (χ0n) is 18.0. The number of benzene rings is 2. The van der Waals surface area contributed by atoms with E-state index < -0.39 is 0 Å². The molecule has 146 valence electrons. The van der Waals surface area contributed by atoms with E-state index >= 15 is 0 Å². The summed E-state index contributed by atoms with van der Waals surface area (Å²) in [5.41, 5.74) is 6.73. The van der Waals surface area contributed by atoms with Gasteiger partial charge in [0.25, 0.3) is 5.82 Å². The molecular weight excluding hydrogens is 340 g/mol. The standard InChI is InChI=1S/C26H33N2/c1-19-13-9-12-18-23(19)27-20(2)24(21-14-7-6-8-15-21)28(22-16-10-11-17-22)25(27)26(3,4)5/h6-9,12-15,18,22H,10-11,16-17H2,1-5H3/q+1. The van der Waals surface area contributed by atoms with Crippen molar-refractivity contribution in [1.29, 1.82) is 0 Å². The van der Waals surface area contributed by atoms with E-state index in [0.29, 0.717) is 6.04 Å². The first-order chi connectivity index (χ1) is 13.4. The van der Waals surface area contributed by atoms with E-state index in [9.17, 15) is 0 Å². The van der Waals surface area contributed by atoms with Crippen molar-refractivity contribution < 1.29 is 4.57 Å². The van der Waals surface area contributed by atoms with Crippen LogP contribution in [0.1, 0.15) is 69.6 Å². The summed E-state index contributed by atoms with van der Waals surface area (Å²) in [4.78, 5) is 0. The summed E-state index contributed by atoms with van der Waals surface area (Å²) in [7, 11) is 0. The molecule has 1 heterocycles. The van der Waals surface area contributed by atoms with Crippen molar-refractivity contribution in [2.24, 2.45) is 0 Å². The monoisotopic (exact) mass is 373 g/mol. The highest BCUT2D eigenvalue weighted by molar-refractivity contribution is 5.61. The van der Waals surface area contributed by atoms with E-state index in [1.54, 1.807) is 0 Å². The molecule has 3 aromatic rings. The van der Waals surface area contributed by atoms with E-state index in [-0.39, 0.29) is 5.41 Å². The van der Waals surface area contributed by atoms with Crippen molar-refractivity contribution in [3.05, 3.63) is 71.7 Å². The molecule has 0 atom stereocenters. The molecular formula is C26H33N2+. The summed E-state index contributed by atoms with van der Waals surface area (Å²) >= 11 is 0. The lowest BCUT2D eigenvalue weighted by molar-refractivity contribution is -0.721. The minimum absolute atomic E-state index is 0.0443. The number of hydrogen-bond donors (Lipinski definition) is 0. The van der Waals surface area contributed by atoms with Crippen molar-refractivity contribution in [1.82, 2.24) is 4.57 Å². The first-order valence-electron chi connectivity index (χ1n) is 10.7. The fraction of sp³-hybridized carbons (Fsp3) is 0.423. The van der Waals surface area contributed by atoms with Crippen LogP contribution in [0, 0.1) is 13.8 Å². The lowest BCUT2D eigenvalue weighted by atomic mass is 9.94. The Labute approximate surface area is 169 Å². The number of hydrogen-bond acceptors (Lipinski definition) is 0. The number of rotatable bonds is 3. The summed E-state index contributed by atoms with van der Waals surface area (Å²) in [5.74, 6) is 1.42. The smallest absolute Gasteiger partial charge is 0.223 e. The molecule has 0 amide bonds. The highest BCUT2D eigenvalue weighted by Crippen LogP contribution is 2.36. The Morgan fingerprint density at radius 2 is 1.46 bits per heavy atom. The van der Waals surface area contributed by atoms with Crippen LogP contribution in [-0.2, 0) is 5.41 Å². The predicted octanol–water partition coefficient (Wildman–Crippen LogP) is 6.46. The molecule has 1 saturated carbocycles.